The van der Waals surface area contributed by atoms with Crippen molar-refractivity contribution in [1.82, 2.24) is 0 Å². The number of carbonyl (C=O) groups is 1. The monoisotopic (exact) mass is 491 g/mol. The van der Waals surface area contributed by atoms with Crippen LogP contribution in [0.2, 0.25) is 15.1 Å². The number of aryl methyl sites for hydroxylation is 1. The Hall–Kier alpha value is -1.69. The van der Waals surface area contributed by atoms with Gasteiger partial charge in [-0.1, -0.05) is 59.1 Å². The van der Waals surface area contributed by atoms with Gasteiger partial charge in [-0.05, 0) is 54.4 Å². The van der Waals surface area contributed by atoms with Gasteiger partial charge in [-0.2, -0.15) is 0 Å². The first-order chi connectivity index (χ1) is 14.4. The predicted octanol–water partition coefficient (Wildman–Crippen LogP) is 8.71. The number of halogens is 3. The summed E-state index contributed by atoms with van der Waals surface area (Å²) in [5.74, 6) is 0.466. The molecule has 0 saturated heterocycles. The van der Waals surface area contributed by atoms with Crippen molar-refractivity contribution in [2.75, 3.05) is 5.32 Å². The minimum atomic E-state index is -0.210. The Morgan fingerprint density at radius 1 is 1.00 bits per heavy atom. The number of thioether (sulfide) groups is 1. The molecule has 0 fully saturated rings. The van der Waals surface area contributed by atoms with Crippen LogP contribution in [0.1, 0.15) is 20.8 Å². The lowest BCUT2D eigenvalue weighted by molar-refractivity contribution is 0.103. The van der Waals surface area contributed by atoms with Crippen molar-refractivity contribution in [3.63, 3.8) is 0 Å². The zero-order chi connectivity index (χ0) is 21.3. The minimum absolute atomic E-state index is 0.210. The van der Waals surface area contributed by atoms with Gasteiger partial charge in [-0.15, -0.1) is 23.1 Å². The number of hydrogen-bond donors (Lipinski definition) is 1. The molecule has 0 atom stereocenters. The zero-order valence-electron chi connectivity index (χ0n) is 15.8. The second-order valence-corrected chi connectivity index (χ2v) is 10.1. The normalized spacial score (nSPS) is 11.1. The average molecular weight is 493 g/mol. The second kappa shape index (κ2) is 9.21. The van der Waals surface area contributed by atoms with Crippen molar-refractivity contribution in [3.05, 3.63) is 91.7 Å². The van der Waals surface area contributed by atoms with E-state index in [1.165, 1.54) is 11.3 Å². The van der Waals surface area contributed by atoms with E-state index in [1.807, 2.05) is 61.5 Å². The van der Waals surface area contributed by atoms with E-state index < -0.39 is 0 Å². The Morgan fingerprint density at radius 2 is 1.73 bits per heavy atom. The molecule has 7 heteroatoms. The number of carbonyl (C=O) groups excluding carboxylic acids is 1. The number of fused-ring (bicyclic) bond motifs is 1. The van der Waals surface area contributed by atoms with Crippen LogP contribution in [0.5, 0.6) is 0 Å². The summed E-state index contributed by atoms with van der Waals surface area (Å²) in [5, 5.41) is 5.62. The lowest BCUT2D eigenvalue weighted by Crippen LogP contribution is -2.11. The van der Waals surface area contributed by atoms with Crippen LogP contribution >= 0.6 is 57.9 Å². The van der Waals surface area contributed by atoms with Crippen molar-refractivity contribution in [2.45, 2.75) is 17.6 Å². The van der Waals surface area contributed by atoms with Crippen LogP contribution in [0.15, 0.2) is 65.6 Å². The number of rotatable bonds is 5. The molecule has 3 aromatic carbocycles. The van der Waals surface area contributed by atoms with Gasteiger partial charge in [-0.25, -0.2) is 0 Å². The molecule has 0 aliphatic heterocycles. The predicted molar refractivity (Wildman–Crippen MR) is 132 cm³/mol. The van der Waals surface area contributed by atoms with Gasteiger partial charge in [-0.3, -0.25) is 4.79 Å². The number of nitrogens with one attached hydrogen (secondary N) is 1. The first kappa shape index (κ1) is 21.5. The van der Waals surface area contributed by atoms with Crippen molar-refractivity contribution in [3.8, 4) is 0 Å². The van der Waals surface area contributed by atoms with Gasteiger partial charge in [0.15, 0.2) is 0 Å². The van der Waals surface area contributed by atoms with E-state index in [0.717, 1.165) is 31.8 Å². The zero-order valence-corrected chi connectivity index (χ0v) is 19.7. The molecule has 2 nitrogen and oxygen atoms in total. The summed E-state index contributed by atoms with van der Waals surface area (Å²) in [6.45, 7) is 2.02. The first-order valence-corrected chi connectivity index (χ1v) is 12.0. The van der Waals surface area contributed by atoms with Crippen LogP contribution in [-0.2, 0) is 5.75 Å². The number of hydrogen-bond acceptors (Lipinski definition) is 3. The highest BCUT2D eigenvalue weighted by Gasteiger charge is 2.18. The maximum absolute atomic E-state index is 13.0. The molecule has 0 unspecified atom stereocenters. The molecular formula is C23H16Cl3NOS2. The smallest absolute Gasteiger partial charge is 0.267 e. The molecule has 4 rings (SSSR count). The Kier molecular flexibility index (Phi) is 6.61. The highest BCUT2D eigenvalue weighted by Crippen LogP contribution is 2.37. The van der Waals surface area contributed by atoms with Crippen LogP contribution in [0.3, 0.4) is 0 Å². The summed E-state index contributed by atoms with van der Waals surface area (Å²) in [4.78, 5) is 14.4. The molecule has 30 heavy (non-hydrogen) atoms. The average Bonchev–Trinajstić information content (AvgIpc) is 3.02. The standard InChI is InChI=1S/C23H16Cl3NOS2/c1-13-6-7-17-20(8-13)30-22(21(17)26)23(28)27-18-4-2-3-5-19(18)29-12-14-9-15(24)11-16(25)10-14/h2-11H,12H2,1H3,(H,27,28). The number of anilines is 1. The van der Waals surface area contributed by atoms with Crippen LogP contribution in [0, 0.1) is 6.92 Å². The first-order valence-electron chi connectivity index (χ1n) is 9.07. The molecule has 0 saturated carbocycles. The maximum Gasteiger partial charge on any atom is 0.267 e. The third kappa shape index (κ3) is 4.79. The van der Waals surface area contributed by atoms with Gasteiger partial charge >= 0.3 is 0 Å². The SMILES string of the molecule is Cc1ccc2c(Cl)c(C(=O)Nc3ccccc3SCc3cc(Cl)cc(Cl)c3)sc2c1. The lowest BCUT2D eigenvalue weighted by atomic mass is 10.2. The fourth-order valence-electron chi connectivity index (χ4n) is 3.05. The number of amides is 1. The molecule has 1 heterocycles. The molecule has 0 radical (unpaired) electrons. The molecule has 1 amide bonds. The fraction of sp³-hybridized carbons (Fsp3) is 0.0870. The lowest BCUT2D eigenvalue weighted by Gasteiger charge is -2.11. The summed E-state index contributed by atoms with van der Waals surface area (Å²) in [6, 6.07) is 19.2. The molecule has 4 aromatic rings. The molecule has 0 aliphatic carbocycles. The van der Waals surface area contributed by atoms with Gasteiger partial charge in [0, 0.05) is 30.8 Å². The number of thiophene rings is 1. The van der Waals surface area contributed by atoms with Crippen LogP contribution in [0.25, 0.3) is 10.1 Å². The van der Waals surface area contributed by atoms with Crippen molar-refractivity contribution in [1.29, 1.82) is 0 Å². The van der Waals surface area contributed by atoms with Crippen molar-refractivity contribution in [2.24, 2.45) is 0 Å². The highest BCUT2D eigenvalue weighted by molar-refractivity contribution is 7.98. The Labute approximate surface area is 198 Å². The van der Waals surface area contributed by atoms with E-state index in [4.69, 9.17) is 34.8 Å². The molecule has 0 bridgehead atoms. The summed E-state index contributed by atoms with van der Waals surface area (Å²) in [7, 11) is 0. The summed E-state index contributed by atoms with van der Waals surface area (Å²) >= 11 is 21.7. The van der Waals surface area contributed by atoms with Crippen LogP contribution in [-0.4, -0.2) is 5.91 Å². The topological polar surface area (TPSA) is 29.1 Å². The second-order valence-electron chi connectivity index (χ2n) is 6.76. The summed E-state index contributed by atoms with van der Waals surface area (Å²) in [5.41, 5.74) is 2.89. The van der Waals surface area contributed by atoms with Gasteiger partial charge in [0.05, 0.1) is 10.7 Å². The van der Waals surface area contributed by atoms with E-state index in [0.29, 0.717) is 25.7 Å². The van der Waals surface area contributed by atoms with E-state index in [2.05, 4.69) is 5.32 Å². The van der Waals surface area contributed by atoms with E-state index in [1.54, 1.807) is 17.8 Å². The molecule has 1 N–H and O–H groups in total. The van der Waals surface area contributed by atoms with E-state index in [-0.39, 0.29) is 5.91 Å². The maximum atomic E-state index is 13.0. The molecule has 152 valence electrons. The van der Waals surface area contributed by atoms with Crippen molar-refractivity contribution >= 4 is 79.6 Å². The summed E-state index contributed by atoms with van der Waals surface area (Å²) in [6.07, 6.45) is 0. The fourth-order valence-corrected chi connectivity index (χ4v) is 6.07. The van der Waals surface area contributed by atoms with Gasteiger partial charge in [0.2, 0.25) is 0 Å². The summed E-state index contributed by atoms with van der Waals surface area (Å²) < 4.78 is 1.01. The third-order valence-electron chi connectivity index (χ3n) is 4.44. The Morgan fingerprint density at radius 3 is 2.50 bits per heavy atom. The van der Waals surface area contributed by atoms with E-state index >= 15 is 0 Å². The van der Waals surface area contributed by atoms with Gasteiger partial charge in [0.1, 0.15) is 4.88 Å². The Bertz CT molecular complexity index is 1230. The number of benzene rings is 3. The van der Waals surface area contributed by atoms with Crippen LogP contribution in [0.4, 0.5) is 5.69 Å². The third-order valence-corrected chi connectivity index (χ3v) is 7.68. The van der Waals surface area contributed by atoms with Crippen molar-refractivity contribution < 1.29 is 4.79 Å². The molecular weight excluding hydrogens is 477 g/mol. The van der Waals surface area contributed by atoms with Gasteiger partial charge < -0.3 is 5.32 Å². The minimum Gasteiger partial charge on any atom is -0.320 e. The Balaban J connectivity index is 1.55. The molecule has 0 aliphatic rings. The molecule has 0 spiro atoms. The van der Waals surface area contributed by atoms with E-state index in [9.17, 15) is 4.79 Å². The largest absolute Gasteiger partial charge is 0.320 e. The van der Waals surface area contributed by atoms with Crippen LogP contribution < -0.4 is 5.32 Å². The highest BCUT2D eigenvalue weighted by atomic mass is 35.5. The number of para-hydroxylation sites is 1. The quantitative estimate of drug-likeness (QED) is 0.282. The molecule has 1 aromatic heterocycles. The van der Waals surface area contributed by atoms with Gasteiger partial charge in [0.25, 0.3) is 5.91 Å².